The van der Waals surface area contributed by atoms with Gasteiger partial charge in [-0.25, -0.2) is 9.37 Å². The van der Waals surface area contributed by atoms with Gasteiger partial charge in [-0.3, -0.25) is 4.98 Å². The van der Waals surface area contributed by atoms with E-state index in [1.54, 1.807) is 19.4 Å². The van der Waals surface area contributed by atoms with E-state index in [4.69, 9.17) is 4.74 Å². The Bertz CT molecular complexity index is 957. The monoisotopic (exact) mass is 402 g/mol. The van der Waals surface area contributed by atoms with Crippen molar-refractivity contribution in [2.45, 2.75) is 36.5 Å². The van der Waals surface area contributed by atoms with Crippen LogP contribution in [0.4, 0.5) is 10.1 Å². The third-order valence-electron chi connectivity index (χ3n) is 4.88. The zero-order chi connectivity index (χ0) is 19.5. The number of nitrogens with one attached hydrogen (secondary N) is 1. The second-order valence-corrected chi connectivity index (χ2v) is 7.92. The van der Waals surface area contributed by atoms with Crippen LogP contribution in [0.2, 0.25) is 0 Å². The minimum Gasteiger partial charge on any atom is -0.393 e. The minimum atomic E-state index is -0.285. The first kappa shape index (κ1) is 19.2. The molecule has 0 atom stereocenters. The highest BCUT2D eigenvalue weighted by atomic mass is 32.2. The van der Waals surface area contributed by atoms with Crippen LogP contribution in [0.3, 0.4) is 0 Å². The molecule has 28 heavy (non-hydrogen) atoms. The van der Waals surface area contributed by atoms with Crippen molar-refractivity contribution < 1.29 is 14.2 Å². The third kappa shape index (κ3) is 4.29. The Morgan fingerprint density at radius 2 is 2.14 bits per heavy atom. The highest BCUT2D eigenvalue weighted by Gasteiger charge is 2.21. The van der Waals surface area contributed by atoms with Crippen LogP contribution in [0.1, 0.15) is 24.1 Å². The molecule has 0 bridgehead atoms. The number of aromatic amines is 1. The van der Waals surface area contributed by atoms with Gasteiger partial charge in [-0.1, -0.05) is 11.8 Å². The van der Waals surface area contributed by atoms with Gasteiger partial charge in [0.25, 0.3) is 0 Å². The number of thioether (sulfide) groups is 1. The number of nitrogens with zero attached hydrogens (tertiary/aromatic N) is 3. The number of H-pyrrole nitrogens is 1. The predicted octanol–water partition coefficient (Wildman–Crippen LogP) is 3.50. The van der Waals surface area contributed by atoms with Gasteiger partial charge in [-0.05, 0) is 36.6 Å². The molecule has 148 valence electrons. The number of pyridine rings is 1. The lowest BCUT2D eigenvalue weighted by molar-refractivity contribution is 0.145. The molecule has 1 fully saturated rings. The van der Waals surface area contributed by atoms with E-state index in [1.165, 1.54) is 17.8 Å². The maximum absolute atomic E-state index is 14.6. The van der Waals surface area contributed by atoms with E-state index in [2.05, 4.69) is 15.0 Å². The minimum absolute atomic E-state index is 0.266. The summed E-state index contributed by atoms with van der Waals surface area (Å²) in [5.41, 5.74) is 4.00. The maximum atomic E-state index is 14.6. The van der Waals surface area contributed by atoms with Crippen molar-refractivity contribution in [3.05, 3.63) is 47.5 Å². The summed E-state index contributed by atoms with van der Waals surface area (Å²) < 4.78 is 19.8. The van der Waals surface area contributed by atoms with E-state index in [1.807, 2.05) is 17.0 Å². The van der Waals surface area contributed by atoms with Crippen LogP contribution in [-0.2, 0) is 17.1 Å². The van der Waals surface area contributed by atoms with Crippen LogP contribution in [0.25, 0.3) is 11.0 Å². The van der Waals surface area contributed by atoms with E-state index >= 15 is 0 Å². The summed E-state index contributed by atoms with van der Waals surface area (Å²) in [5, 5.41) is 10.4. The second kappa shape index (κ2) is 8.46. The maximum Gasteiger partial charge on any atom is 0.166 e. The molecule has 1 aromatic carbocycles. The van der Waals surface area contributed by atoms with Crippen molar-refractivity contribution in [1.82, 2.24) is 15.0 Å². The average molecular weight is 402 g/mol. The number of piperidine rings is 1. The van der Waals surface area contributed by atoms with Gasteiger partial charge in [-0.2, -0.15) is 0 Å². The number of ether oxygens (including phenoxy) is 1. The van der Waals surface area contributed by atoms with Crippen molar-refractivity contribution in [3.8, 4) is 0 Å². The Balaban J connectivity index is 1.49. The van der Waals surface area contributed by atoms with Gasteiger partial charge >= 0.3 is 0 Å². The number of benzene rings is 1. The van der Waals surface area contributed by atoms with E-state index in [0.29, 0.717) is 49.5 Å². The third-order valence-corrected chi connectivity index (χ3v) is 5.79. The normalized spacial score (nSPS) is 15.5. The van der Waals surface area contributed by atoms with Crippen molar-refractivity contribution in [2.24, 2.45) is 0 Å². The first-order valence-electron chi connectivity index (χ1n) is 9.30. The summed E-state index contributed by atoms with van der Waals surface area (Å²) >= 11 is 1.53. The summed E-state index contributed by atoms with van der Waals surface area (Å²) in [6.45, 7) is 1.86. The molecule has 0 spiro atoms. The fraction of sp³-hybridized carbons (Fsp3) is 0.400. The van der Waals surface area contributed by atoms with E-state index in [-0.39, 0.29) is 11.9 Å². The molecule has 3 aromatic rings. The largest absolute Gasteiger partial charge is 0.393 e. The number of aromatic nitrogens is 3. The van der Waals surface area contributed by atoms with Gasteiger partial charge in [0.05, 0.1) is 35.1 Å². The molecule has 4 rings (SSSR count). The number of imidazole rings is 1. The Hall–Kier alpha value is -2.16. The van der Waals surface area contributed by atoms with Crippen LogP contribution >= 0.6 is 11.8 Å². The van der Waals surface area contributed by atoms with Gasteiger partial charge in [0.2, 0.25) is 0 Å². The molecule has 2 N–H and O–H groups in total. The number of anilines is 1. The lowest BCUT2D eigenvalue weighted by Crippen LogP contribution is -2.36. The van der Waals surface area contributed by atoms with Gasteiger partial charge in [0, 0.05) is 38.2 Å². The van der Waals surface area contributed by atoms with Crippen molar-refractivity contribution in [2.75, 3.05) is 25.1 Å². The fourth-order valence-electron chi connectivity index (χ4n) is 3.42. The first-order chi connectivity index (χ1) is 13.6. The lowest BCUT2D eigenvalue weighted by atomic mass is 10.1. The van der Waals surface area contributed by atoms with Crippen LogP contribution in [0, 0.1) is 5.82 Å². The molecule has 0 radical (unpaired) electrons. The van der Waals surface area contributed by atoms with Crippen LogP contribution in [-0.4, -0.2) is 46.4 Å². The number of halogens is 1. The summed E-state index contributed by atoms with van der Waals surface area (Å²) in [4.78, 5) is 14.2. The molecule has 8 heteroatoms. The number of hydrogen-bond donors (Lipinski definition) is 2. The number of fused-ring (bicyclic) bond motifs is 1. The molecule has 1 aliphatic rings. The number of methoxy groups -OCH3 is 1. The Kier molecular flexibility index (Phi) is 5.79. The van der Waals surface area contributed by atoms with Crippen molar-refractivity contribution in [1.29, 1.82) is 0 Å². The van der Waals surface area contributed by atoms with Crippen LogP contribution in [0.5, 0.6) is 0 Å². The van der Waals surface area contributed by atoms with Crippen LogP contribution in [0.15, 0.2) is 35.6 Å². The molecule has 1 saturated heterocycles. The zero-order valence-corrected chi connectivity index (χ0v) is 16.5. The number of hydrogen-bond acceptors (Lipinski definition) is 6. The standard InChI is InChI=1S/C20H23FN4O2S/c1-27-11-13-2-5-22-14(8-13)12-28-20-23-17-9-16(21)19(10-18(17)24-20)25-6-3-15(26)4-7-25/h2,5,8-10,15,26H,3-4,6-7,11-12H2,1H3,(H,23,24). The van der Waals surface area contributed by atoms with Gasteiger partial charge < -0.3 is 19.7 Å². The summed E-state index contributed by atoms with van der Waals surface area (Å²) in [6, 6.07) is 7.25. The number of aliphatic hydroxyl groups excluding tert-OH is 1. The van der Waals surface area contributed by atoms with E-state index < -0.39 is 0 Å². The summed E-state index contributed by atoms with van der Waals surface area (Å²) in [7, 11) is 1.67. The predicted molar refractivity (Wildman–Crippen MR) is 108 cm³/mol. The van der Waals surface area contributed by atoms with Gasteiger partial charge in [0.1, 0.15) is 5.82 Å². The van der Waals surface area contributed by atoms with Gasteiger partial charge in [0.15, 0.2) is 5.16 Å². The Labute approximate surface area is 167 Å². The highest BCUT2D eigenvalue weighted by molar-refractivity contribution is 7.98. The van der Waals surface area contributed by atoms with E-state index in [0.717, 1.165) is 21.9 Å². The van der Waals surface area contributed by atoms with Crippen molar-refractivity contribution in [3.63, 3.8) is 0 Å². The molecular weight excluding hydrogens is 379 g/mol. The number of rotatable bonds is 6. The van der Waals surface area contributed by atoms with Gasteiger partial charge in [-0.15, -0.1) is 0 Å². The lowest BCUT2D eigenvalue weighted by Gasteiger charge is -2.31. The molecule has 0 unspecified atom stereocenters. The smallest absolute Gasteiger partial charge is 0.166 e. The fourth-order valence-corrected chi connectivity index (χ4v) is 4.21. The Morgan fingerprint density at radius 3 is 2.93 bits per heavy atom. The summed E-state index contributed by atoms with van der Waals surface area (Å²) in [5.74, 6) is 0.398. The van der Waals surface area contributed by atoms with Crippen LogP contribution < -0.4 is 4.90 Å². The molecule has 6 nitrogen and oxygen atoms in total. The highest BCUT2D eigenvalue weighted by Crippen LogP contribution is 2.29. The topological polar surface area (TPSA) is 74.3 Å². The quantitative estimate of drug-likeness (QED) is 0.615. The molecule has 1 aliphatic heterocycles. The molecular formula is C20H23FN4O2S. The molecule has 0 amide bonds. The SMILES string of the molecule is COCc1ccnc(CSc2nc3cc(N4CCC(O)CC4)c(F)cc3[nH]2)c1. The molecule has 2 aromatic heterocycles. The first-order valence-corrected chi connectivity index (χ1v) is 10.3. The molecule has 3 heterocycles. The molecule has 0 saturated carbocycles. The van der Waals surface area contributed by atoms with E-state index in [9.17, 15) is 9.50 Å². The number of aliphatic hydroxyl groups is 1. The zero-order valence-electron chi connectivity index (χ0n) is 15.7. The second-order valence-electron chi connectivity index (χ2n) is 6.96. The Morgan fingerprint density at radius 1 is 1.32 bits per heavy atom. The van der Waals surface area contributed by atoms with Crippen molar-refractivity contribution >= 4 is 28.5 Å². The molecule has 0 aliphatic carbocycles. The average Bonchev–Trinajstić information content (AvgIpc) is 3.09. The summed E-state index contributed by atoms with van der Waals surface area (Å²) in [6.07, 6.45) is 2.82.